The zero-order valence-corrected chi connectivity index (χ0v) is 8.29. The van der Waals surface area contributed by atoms with Crippen LogP contribution < -0.4 is 0 Å². The monoisotopic (exact) mass is 157 g/mol. The van der Waals surface area contributed by atoms with Crippen molar-refractivity contribution in [3.63, 3.8) is 0 Å². The van der Waals surface area contributed by atoms with Crippen LogP contribution in [-0.4, -0.2) is 20.6 Å². The van der Waals surface area contributed by atoms with Gasteiger partial charge in [0.1, 0.15) is 5.60 Å². The number of ether oxygens (including phenoxy) is 1. The maximum absolute atomic E-state index is 8.55. The van der Waals surface area contributed by atoms with Crippen LogP contribution in [0.2, 0.25) is 13.1 Å². The number of hydrogen-bond acceptors (Lipinski definition) is 2. The molecule has 0 fully saturated rings. The van der Waals surface area contributed by atoms with Crippen molar-refractivity contribution in [3.8, 4) is 6.07 Å². The van der Waals surface area contributed by atoms with Gasteiger partial charge in [0.2, 0.25) is 0 Å². The molecule has 0 aromatic rings. The molecule has 0 spiro atoms. The van der Waals surface area contributed by atoms with Gasteiger partial charge in [-0.2, -0.15) is 5.26 Å². The zero-order chi connectivity index (χ0) is 8.20. The summed E-state index contributed by atoms with van der Waals surface area (Å²) in [6.45, 7) is 7.99. The molecule has 0 aromatic heterocycles. The van der Waals surface area contributed by atoms with Crippen LogP contribution in [0.15, 0.2) is 0 Å². The average molecular weight is 157 g/mol. The van der Waals surface area contributed by atoms with Crippen molar-refractivity contribution in [2.45, 2.75) is 32.5 Å². The van der Waals surface area contributed by atoms with E-state index in [-0.39, 0.29) is 0 Å². The highest BCUT2D eigenvalue weighted by atomic mass is 28.3. The van der Waals surface area contributed by atoms with Gasteiger partial charge in [0.05, 0.1) is 14.9 Å². The summed E-state index contributed by atoms with van der Waals surface area (Å²) in [6, 6.07) is 2.10. The summed E-state index contributed by atoms with van der Waals surface area (Å²) in [5, 5.41) is 8.55. The lowest BCUT2D eigenvalue weighted by Crippen LogP contribution is -2.26. The van der Waals surface area contributed by atoms with Crippen molar-refractivity contribution in [1.82, 2.24) is 0 Å². The maximum atomic E-state index is 8.55. The number of rotatable bonds is 3. The van der Waals surface area contributed by atoms with Crippen LogP contribution in [0.25, 0.3) is 0 Å². The molecule has 0 saturated carbocycles. The lowest BCUT2D eigenvalue weighted by Gasteiger charge is -2.17. The molecule has 3 heteroatoms. The normalized spacial score (nSPS) is 11.6. The highest BCUT2D eigenvalue weighted by Gasteiger charge is 2.16. The Morgan fingerprint density at radius 1 is 1.50 bits per heavy atom. The highest BCUT2D eigenvalue weighted by molar-refractivity contribution is 6.55. The topological polar surface area (TPSA) is 33.0 Å². The number of nitriles is 1. The first kappa shape index (κ1) is 9.67. The largest absolute Gasteiger partial charge is 0.364 e. The smallest absolute Gasteiger partial charge is 0.148 e. The quantitative estimate of drug-likeness (QED) is 0.579. The predicted octanol–water partition coefficient (Wildman–Crippen LogP) is 1.33. The van der Waals surface area contributed by atoms with E-state index in [1.807, 2.05) is 0 Å². The molecule has 0 radical (unpaired) electrons. The molecule has 0 bridgehead atoms. The molecular weight excluding hydrogens is 142 g/mol. The van der Waals surface area contributed by atoms with Gasteiger partial charge >= 0.3 is 0 Å². The predicted molar refractivity (Wildman–Crippen MR) is 44.5 cm³/mol. The van der Waals surface area contributed by atoms with E-state index in [4.69, 9.17) is 10.00 Å². The van der Waals surface area contributed by atoms with Crippen LogP contribution in [0.1, 0.15) is 13.8 Å². The molecule has 0 heterocycles. The second-order valence-electron chi connectivity index (χ2n) is 3.33. The Morgan fingerprint density at radius 3 is 2.30 bits per heavy atom. The van der Waals surface area contributed by atoms with E-state index in [9.17, 15) is 0 Å². The summed E-state index contributed by atoms with van der Waals surface area (Å²) in [5.41, 5.74) is -0.586. The molecule has 0 N–H and O–H groups in total. The molecule has 0 aromatic carbocycles. The second kappa shape index (κ2) is 3.74. The SMILES string of the molecule is C[SiH](C)COC(C)(C)C#N. The number of nitrogens with zero attached hydrogens (tertiary/aromatic N) is 1. The minimum absolute atomic E-state index is 0.586. The van der Waals surface area contributed by atoms with Gasteiger partial charge in [-0.15, -0.1) is 0 Å². The average Bonchev–Trinajstić information content (AvgIpc) is 1.85. The van der Waals surface area contributed by atoms with Crippen molar-refractivity contribution in [2.24, 2.45) is 0 Å². The van der Waals surface area contributed by atoms with Crippen LogP contribution >= 0.6 is 0 Å². The molecular formula is C7H15NOSi. The third kappa shape index (κ3) is 4.54. The molecule has 2 nitrogen and oxygen atoms in total. The summed E-state index contributed by atoms with van der Waals surface area (Å²) in [7, 11) is -0.658. The first-order valence-corrected chi connectivity index (χ1v) is 6.66. The van der Waals surface area contributed by atoms with Gasteiger partial charge in [0.15, 0.2) is 0 Å². The van der Waals surface area contributed by atoms with Gasteiger partial charge in [-0.25, -0.2) is 0 Å². The van der Waals surface area contributed by atoms with Gasteiger partial charge in [-0.05, 0) is 13.8 Å². The van der Waals surface area contributed by atoms with Crippen molar-refractivity contribution in [2.75, 3.05) is 6.23 Å². The van der Waals surface area contributed by atoms with Gasteiger partial charge in [0.25, 0.3) is 0 Å². The molecule has 0 saturated heterocycles. The Kier molecular flexibility index (Phi) is 3.62. The summed E-state index contributed by atoms with van der Waals surface area (Å²) < 4.78 is 5.34. The Balaban J connectivity index is 3.60. The van der Waals surface area contributed by atoms with Crippen molar-refractivity contribution < 1.29 is 4.74 Å². The lowest BCUT2D eigenvalue weighted by molar-refractivity contribution is 0.0548. The number of hydrogen-bond donors (Lipinski definition) is 0. The summed E-state index contributed by atoms with van der Waals surface area (Å²) >= 11 is 0. The minimum atomic E-state index is -0.658. The molecule has 0 rings (SSSR count). The third-order valence-corrected chi connectivity index (χ3v) is 1.88. The van der Waals surface area contributed by atoms with E-state index in [1.165, 1.54) is 0 Å². The van der Waals surface area contributed by atoms with Crippen LogP contribution in [0.4, 0.5) is 0 Å². The lowest BCUT2D eigenvalue weighted by atomic mass is 10.2. The van der Waals surface area contributed by atoms with E-state index in [2.05, 4.69) is 19.2 Å². The molecule has 0 amide bonds. The molecule has 0 aliphatic carbocycles. The van der Waals surface area contributed by atoms with E-state index < -0.39 is 14.4 Å². The van der Waals surface area contributed by atoms with E-state index in [0.717, 1.165) is 6.23 Å². The fraction of sp³-hybridized carbons (Fsp3) is 0.857. The van der Waals surface area contributed by atoms with Crippen molar-refractivity contribution >= 4 is 8.80 Å². The molecule has 0 unspecified atom stereocenters. The molecule has 58 valence electrons. The fourth-order valence-corrected chi connectivity index (χ4v) is 1.16. The first-order valence-electron chi connectivity index (χ1n) is 3.53. The third-order valence-electron chi connectivity index (χ3n) is 1.05. The van der Waals surface area contributed by atoms with Gasteiger partial charge in [-0.3, -0.25) is 0 Å². The van der Waals surface area contributed by atoms with Crippen molar-refractivity contribution in [1.29, 1.82) is 5.26 Å². The Morgan fingerprint density at radius 2 is 2.00 bits per heavy atom. The summed E-state index contributed by atoms with van der Waals surface area (Å²) in [6.07, 6.45) is 0.792. The van der Waals surface area contributed by atoms with E-state index in [0.29, 0.717) is 0 Å². The van der Waals surface area contributed by atoms with Gasteiger partial charge in [0, 0.05) is 6.23 Å². The fourth-order valence-electron chi connectivity index (χ4n) is 0.407. The van der Waals surface area contributed by atoms with E-state index >= 15 is 0 Å². The Hall–Kier alpha value is -0.333. The molecule has 0 atom stereocenters. The maximum Gasteiger partial charge on any atom is 0.148 e. The molecule has 0 aliphatic rings. The van der Waals surface area contributed by atoms with E-state index in [1.54, 1.807) is 13.8 Å². The Bertz CT molecular complexity index is 137. The van der Waals surface area contributed by atoms with Gasteiger partial charge in [-0.1, -0.05) is 13.1 Å². The van der Waals surface area contributed by atoms with Gasteiger partial charge < -0.3 is 4.74 Å². The molecule has 0 aliphatic heterocycles. The molecule has 10 heavy (non-hydrogen) atoms. The highest BCUT2D eigenvalue weighted by Crippen LogP contribution is 2.06. The summed E-state index contributed by atoms with van der Waals surface area (Å²) in [4.78, 5) is 0. The van der Waals surface area contributed by atoms with Crippen LogP contribution in [0, 0.1) is 11.3 Å². The van der Waals surface area contributed by atoms with Crippen LogP contribution in [-0.2, 0) is 4.74 Å². The van der Waals surface area contributed by atoms with Crippen LogP contribution in [0.3, 0.4) is 0 Å². The van der Waals surface area contributed by atoms with Crippen molar-refractivity contribution in [3.05, 3.63) is 0 Å². The first-order chi connectivity index (χ1) is 4.48. The van der Waals surface area contributed by atoms with Crippen LogP contribution in [0.5, 0.6) is 0 Å². The standard InChI is InChI=1S/C7H15NOSi/c1-7(2,5-8)9-6-10(3)4/h10H,6H2,1-4H3. The second-order valence-corrected chi connectivity index (χ2v) is 6.45. The minimum Gasteiger partial charge on any atom is -0.364 e. The summed E-state index contributed by atoms with van der Waals surface area (Å²) in [5.74, 6) is 0. The zero-order valence-electron chi connectivity index (χ0n) is 7.14. The Labute approximate surface area is 64.4 Å².